The minimum atomic E-state index is -0.379. The van der Waals surface area contributed by atoms with Gasteiger partial charge >= 0.3 is 0 Å². The van der Waals surface area contributed by atoms with Gasteiger partial charge in [0.2, 0.25) is 0 Å². The van der Waals surface area contributed by atoms with Gasteiger partial charge in [0.25, 0.3) is 11.8 Å². The lowest BCUT2D eigenvalue weighted by atomic mass is 10.2. The fourth-order valence-electron chi connectivity index (χ4n) is 1.40. The van der Waals surface area contributed by atoms with Crippen LogP contribution in [0.25, 0.3) is 0 Å². The van der Waals surface area contributed by atoms with Gasteiger partial charge in [-0.3, -0.25) is 9.59 Å². The van der Waals surface area contributed by atoms with Crippen molar-refractivity contribution in [3.8, 4) is 0 Å². The molecule has 1 aromatic rings. The Morgan fingerprint density at radius 3 is 2.65 bits per heavy atom. The molecule has 0 aromatic heterocycles. The zero-order valence-corrected chi connectivity index (χ0v) is 13.2. The molecule has 1 rings (SSSR count). The first-order valence-corrected chi connectivity index (χ1v) is 6.88. The largest absolute Gasteiger partial charge is 0.350 e. The fourth-order valence-corrected chi connectivity index (χ4v) is 1.79. The normalized spacial score (nSPS) is 10.2. The number of nitrogens with one attached hydrogen (secondary N) is 2. The summed E-state index contributed by atoms with van der Waals surface area (Å²) in [5.41, 5.74) is 0.496. The molecule has 0 heterocycles. The van der Waals surface area contributed by atoms with Crippen molar-refractivity contribution in [2.75, 3.05) is 27.2 Å². The lowest BCUT2D eigenvalue weighted by molar-refractivity contribution is -0.117. The summed E-state index contributed by atoms with van der Waals surface area (Å²) in [6, 6.07) is 6.91. The summed E-state index contributed by atoms with van der Waals surface area (Å²) in [5.74, 6) is -0.741. The lowest BCUT2D eigenvalue weighted by Gasteiger charge is -2.12. The monoisotopic (exact) mass is 339 g/mol. The van der Waals surface area contributed by atoms with Gasteiger partial charge in [-0.2, -0.15) is 0 Å². The highest BCUT2D eigenvalue weighted by Gasteiger charge is 2.12. The van der Waals surface area contributed by atoms with E-state index in [2.05, 4.69) is 33.1 Å². The maximum Gasteiger partial charge on any atom is 0.267 e. The molecular weight excluding hydrogens is 322 g/mol. The zero-order valence-electron chi connectivity index (χ0n) is 11.6. The third kappa shape index (κ3) is 5.54. The summed E-state index contributed by atoms with van der Waals surface area (Å²) < 4.78 is 0.797. The molecule has 5 nitrogen and oxygen atoms in total. The van der Waals surface area contributed by atoms with Crippen LogP contribution in [0.2, 0.25) is 0 Å². The Hall–Kier alpha value is -1.66. The molecule has 0 unspecified atom stereocenters. The van der Waals surface area contributed by atoms with E-state index in [1.165, 1.54) is 0 Å². The van der Waals surface area contributed by atoms with Crippen molar-refractivity contribution in [2.45, 2.75) is 0 Å². The van der Waals surface area contributed by atoms with E-state index >= 15 is 0 Å². The summed E-state index contributed by atoms with van der Waals surface area (Å²) in [7, 11) is 3.83. The molecule has 2 N–H and O–H groups in total. The van der Waals surface area contributed by atoms with E-state index in [0.29, 0.717) is 12.1 Å². The van der Waals surface area contributed by atoms with Crippen LogP contribution >= 0.6 is 15.9 Å². The second-order valence-corrected chi connectivity index (χ2v) is 5.42. The van der Waals surface area contributed by atoms with Crippen LogP contribution in [0.3, 0.4) is 0 Å². The molecule has 1 aromatic carbocycles. The molecule has 6 heteroatoms. The van der Waals surface area contributed by atoms with Crippen molar-refractivity contribution in [1.82, 2.24) is 15.5 Å². The van der Waals surface area contributed by atoms with Crippen LogP contribution in [0.15, 0.2) is 41.0 Å². The van der Waals surface area contributed by atoms with Gasteiger partial charge in [-0.05, 0) is 32.3 Å². The number of carbonyl (C=O) groups is 2. The molecule has 0 fully saturated rings. The van der Waals surface area contributed by atoms with Crippen LogP contribution < -0.4 is 10.6 Å². The number of nitrogens with zero attached hydrogens (tertiary/aromatic N) is 1. The van der Waals surface area contributed by atoms with Crippen molar-refractivity contribution in [1.29, 1.82) is 0 Å². The van der Waals surface area contributed by atoms with Gasteiger partial charge in [0.1, 0.15) is 0 Å². The van der Waals surface area contributed by atoms with Crippen LogP contribution in [0.4, 0.5) is 0 Å². The second kappa shape index (κ2) is 7.81. The van der Waals surface area contributed by atoms with Gasteiger partial charge in [0, 0.05) is 23.1 Å². The molecule has 0 aliphatic rings. The Bertz CT molecular complexity index is 515. The van der Waals surface area contributed by atoms with Gasteiger partial charge in [-0.1, -0.05) is 28.6 Å². The van der Waals surface area contributed by atoms with Crippen molar-refractivity contribution in [3.63, 3.8) is 0 Å². The van der Waals surface area contributed by atoms with Gasteiger partial charge in [0.15, 0.2) is 0 Å². The molecule has 0 radical (unpaired) electrons. The molecule has 20 heavy (non-hydrogen) atoms. The number of hydrogen-bond donors (Lipinski definition) is 2. The summed E-state index contributed by atoms with van der Waals surface area (Å²) in [4.78, 5) is 25.6. The average molecular weight is 340 g/mol. The van der Waals surface area contributed by atoms with Crippen molar-refractivity contribution < 1.29 is 9.59 Å². The first kappa shape index (κ1) is 16.4. The quantitative estimate of drug-likeness (QED) is 0.769. The molecule has 0 saturated carbocycles. The summed E-state index contributed by atoms with van der Waals surface area (Å²) in [6.45, 7) is 4.79. The second-order valence-electron chi connectivity index (χ2n) is 4.50. The standard InChI is InChI=1S/C14H18BrN3O2/c1-10(13(19)16-7-8-18(2)3)17-14(20)11-5-4-6-12(15)9-11/h4-6,9H,1,7-8H2,2-3H3,(H,16,19)(H,17,20). The summed E-state index contributed by atoms with van der Waals surface area (Å²) in [5, 5.41) is 5.16. The smallest absolute Gasteiger partial charge is 0.267 e. The van der Waals surface area contributed by atoms with Crippen molar-refractivity contribution in [2.24, 2.45) is 0 Å². The number of likely N-dealkylation sites (N-methyl/N-ethyl adjacent to an activating group) is 1. The van der Waals surface area contributed by atoms with Crippen LogP contribution in [0, 0.1) is 0 Å². The maximum atomic E-state index is 11.9. The fraction of sp³-hybridized carbons (Fsp3) is 0.286. The van der Waals surface area contributed by atoms with Crippen molar-refractivity contribution in [3.05, 3.63) is 46.6 Å². The Morgan fingerprint density at radius 2 is 2.05 bits per heavy atom. The number of rotatable bonds is 6. The molecule has 0 spiro atoms. The van der Waals surface area contributed by atoms with E-state index in [1.807, 2.05) is 25.1 Å². The predicted octanol–water partition coefficient (Wildman–Crippen LogP) is 1.37. The molecule has 0 aliphatic carbocycles. The molecule has 108 valence electrons. The third-order valence-electron chi connectivity index (χ3n) is 2.47. The average Bonchev–Trinajstić information content (AvgIpc) is 2.38. The SMILES string of the molecule is C=C(NC(=O)c1cccc(Br)c1)C(=O)NCCN(C)C. The highest BCUT2D eigenvalue weighted by Crippen LogP contribution is 2.11. The molecule has 0 bridgehead atoms. The minimum Gasteiger partial charge on any atom is -0.350 e. The van der Waals surface area contributed by atoms with E-state index in [0.717, 1.165) is 11.0 Å². The lowest BCUT2D eigenvalue weighted by Crippen LogP contribution is -2.37. The number of halogens is 1. The zero-order chi connectivity index (χ0) is 15.1. The molecule has 0 atom stereocenters. The van der Waals surface area contributed by atoms with E-state index in [1.54, 1.807) is 18.2 Å². The topological polar surface area (TPSA) is 61.4 Å². The van der Waals surface area contributed by atoms with Gasteiger partial charge in [-0.25, -0.2) is 0 Å². The number of hydrogen-bond acceptors (Lipinski definition) is 3. The Morgan fingerprint density at radius 1 is 1.35 bits per heavy atom. The van der Waals surface area contributed by atoms with Gasteiger partial charge in [-0.15, -0.1) is 0 Å². The Labute approximate surface area is 127 Å². The van der Waals surface area contributed by atoms with E-state index < -0.39 is 0 Å². The van der Waals surface area contributed by atoms with E-state index in [-0.39, 0.29) is 17.5 Å². The van der Waals surface area contributed by atoms with Gasteiger partial charge < -0.3 is 15.5 Å². The van der Waals surface area contributed by atoms with Crippen molar-refractivity contribution >= 4 is 27.7 Å². The highest BCUT2D eigenvalue weighted by atomic mass is 79.9. The summed E-state index contributed by atoms with van der Waals surface area (Å²) >= 11 is 3.29. The molecule has 0 saturated heterocycles. The van der Waals surface area contributed by atoms with Crippen LogP contribution in [0.1, 0.15) is 10.4 Å². The van der Waals surface area contributed by atoms with Crippen LogP contribution in [0.5, 0.6) is 0 Å². The number of carbonyl (C=O) groups excluding carboxylic acids is 2. The van der Waals surface area contributed by atoms with E-state index in [9.17, 15) is 9.59 Å². The predicted molar refractivity (Wildman–Crippen MR) is 82.3 cm³/mol. The Kier molecular flexibility index (Phi) is 6.41. The Balaban J connectivity index is 2.49. The number of amides is 2. The van der Waals surface area contributed by atoms with Gasteiger partial charge in [0.05, 0.1) is 5.70 Å². The molecule has 0 aliphatic heterocycles. The van der Waals surface area contributed by atoms with Crippen LogP contribution in [-0.2, 0) is 4.79 Å². The molecular formula is C14H18BrN3O2. The van der Waals surface area contributed by atoms with Crippen LogP contribution in [-0.4, -0.2) is 43.9 Å². The highest BCUT2D eigenvalue weighted by molar-refractivity contribution is 9.10. The molecule has 2 amide bonds. The third-order valence-corrected chi connectivity index (χ3v) is 2.96. The minimum absolute atomic E-state index is 0.0359. The maximum absolute atomic E-state index is 11.9. The first-order chi connectivity index (χ1) is 9.40. The first-order valence-electron chi connectivity index (χ1n) is 6.09. The number of benzene rings is 1. The van der Waals surface area contributed by atoms with E-state index in [4.69, 9.17) is 0 Å². The summed E-state index contributed by atoms with van der Waals surface area (Å²) in [6.07, 6.45) is 0.